The van der Waals surface area contributed by atoms with E-state index in [1.807, 2.05) is 6.07 Å². The first-order chi connectivity index (χ1) is 9.01. The maximum absolute atomic E-state index is 11.6. The number of likely N-dealkylation sites (tertiary alicyclic amines) is 1. The molecule has 0 bridgehead atoms. The minimum Gasteiger partial charge on any atom is -0.468 e. The summed E-state index contributed by atoms with van der Waals surface area (Å²) in [6.07, 6.45) is 0.202. The highest BCUT2D eigenvalue weighted by molar-refractivity contribution is 6.42. The Morgan fingerprint density at radius 2 is 2.16 bits per heavy atom. The monoisotopic (exact) mass is 301 g/mol. The maximum atomic E-state index is 11.6. The Balaban J connectivity index is 2.14. The number of nitrogens with zero attached hydrogens (tertiary/aromatic N) is 1. The number of ketones is 1. The number of esters is 1. The molecule has 1 aliphatic rings. The zero-order chi connectivity index (χ0) is 14.0. The average molecular weight is 302 g/mol. The molecule has 0 aromatic heterocycles. The number of ether oxygens (including phenoxy) is 1. The van der Waals surface area contributed by atoms with Crippen molar-refractivity contribution in [2.24, 2.45) is 0 Å². The smallest absolute Gasteiger partial charge is 0.323 e. The second-order valence-corrected chi connectivity index (χ2v) is 5.25. The van der Waals surface area contributed by atoms with Crippen molar-refractivity contribution in [3.63, 3.8) is 0 Å². The lowest BCUT2D eigenvalue weighted by molar-refractivity contribution is -0.146. The zero-order valence-electron chi connectivity index (χ0n) is 10.4. The van der Waals surface area contributed by atoms with Crippen LogP contribution in [-0.2, 0) is 20.9 Å². The summed E-state index contributed by atoms with van der Waals surface area (Å²) < 4.78 is 4.71. The molecule has 1 unspecified atom stereocenters. The third kappa shape index (κ3) is 3.26. The number of hydrogen-bond donors (Lipinski definition) is 0. The topological polar surface area (TPSA) is 46.6 Å². The number of hydrogen-bond acceptors (Lipinski definition) is 4. The predicted molar refractivity (Wildman–Crippen MR) is 72.3 cm³/mol. The van der Waals surface area contributed by atoms with Gasteiger partial charge < -0.3 is 4.74 Å². The molecule has 0 N–H and O–H groups in total. The Bertz CT molecular complexity index is 519. The molecule has 0 saturated carbocycles. The number of benzene rings is 1. The minimum atomic E-state index is -0.507. The summed E-state index contributed by atoms with van der Waals surface area (Å²) in [6.45, 7) is 0.711. The molecule has 2 rings (SSSR count). The fourth-order valence-corrected chi connectivity index (χ4v) is 2.47. The van der Waals surface area contributed by atoms with Gasteiger partial charge in [0.15, 0.2) is 0 Å². The van der Waals surface area contributed by atoms with Crippen LogP contribution in [0.2, 0.25) is 10.0 Å². The highest BCUT2D eigenvalue weighted by Crippen LogP contribution is 2.25. The molecule has 1 aliphatic heterocycles. The Morgan fingerprint density at radius 1 is 1.42 bits per heavy atom. The van der Waals surface area contributed by atoms with Gasteiger partial charge in [-0.05, 0) is 17.7 Å². The van der Waals surface area contributed by atoms with Crippen molar-refractivity contribution in [1.29, 1.82) is 0 Å². The van der Waals surface area contributed by atoms with Crippen molar-refractivity contribution in [2.75, 3.05) is 13.7 Å². The van der Waals surface area contributed by atoms with Gasteiger partial charge in [0.2, 0.25) is 0 Å². The van der Waals surface area contributed by atoms with Crippen LogP contribution < -0.4 is 0 Å². The first kappa shape index (κ1) is 14.3. The van der Waals surface area contributed by atoms with E-state index in [1.165, 1.54) is 7.11 Å². The van der Waals surface area contributed by atoms with E-state index in [0.29, 0.717) is 16.6 Å². The molecule has 6 heteroatoms. The van der Waals surface area contributed by atoms with Crippen LogP contribution in [-0.4, -0.2) is 36.3 Å². The van der Waals surface area contributed by atoms with Gasteiger partial charge in [-0.15, -0.1) is 0 Å². The largest absolute Gasteiger partial charge is 0.468 e. The third-order valence-electron chi connectivity index (χ3n) is 3.08. The molecule has 0 spiro atoms. The Hall–Kier alpha value is -1.10. The molecule has 1 atom stereocenters. The number of carbonyl (C=O) groups excluding carboxylic acids is 2. The molecule has 1 heterocycles. The summed E-state index contributed by atoms with van der Waals surface area (Å²) in [6, 6.07) is 4.75. The molecule has 1 aromatic carbocycles. The lowest BCUT2D eigenvalue weighted by Gasteiger charge is -2.21. The van der Waals surface area contributed by atoms with Gasteiger partial charge in [0.25, 0.3) is 0 Å². The maximum Gasteiger partial charge on any atom is 0.323 e. The van der Waals surface area contributed by atoms with Crippen LogP contribution in [0.15, 0.2) is 18.2 Å². The van der Waals surface area contributed by atoms with Crippen LogP contribution in [0.5, 0.6) is 0 Å². The number of halogens is 2. The van der Waals surface area contributed by atoms with E-state index in [1.54, 1.807) is 17.0 Å². The van der Waals surface area contributed by atoms with Crippen molar-refractivity contribution in [2.45, 2.75) is 19.0 Å². The van der Waals surface area contributed by atoms with E-state index in [2.05, 4.69) is 0 Å². The normalized spacial score (nSPS) is 19.7. The fraction of sp³-hybridized carbons (Fsp3) is 0.385. The zero-order valence-corrected chi connectivity index (χ0v) is 11.9. The van der Waals surface area contributed by atoms with Crippen molar-refractivity contribution >= 4 is 35.0 Å². The summed E-state index contributed by atoms with van der Waals surface area (Å²) in [4.78, 5) is 24.9. The average Bonchev–Trinajstić information content (AvgIpc) is 2.74. The van der Waals surface area contributed by atoms with Crippen molar-refractivity contribution in [3.8, 4) is 0 Å². The molecule has 0 amide bonds. The lowest BCUT2D eigenvalue weighted by Crippen LogP contribution is -2.36. The summed E-state index contributed by atoms with van der Waals surface area (Å²) in [5.41, 5.74) is 0.901. The molecule has 0 radical (unpaired) electrons. The van der Waals surface area contributed by atoms with E-state index in [4.69, 9.17) is 27.9 Å². The number of methoxy groups -OCH3 is 1. The first-order valence-corrected chi connectivity index (χ1v) is 6.54. The molecule has 102 valence electrons. The summed E-state index contributed by atoms with van der Waals surface area (Å²) in [7, 11) is 1.32. The Morgan fingerprint density at radius 3 is 2.79 bits per heavy atom. The second kappa shape index (κ2) is 5.90. The highest BCUT2D eigenvalue weighted by atomic mass is 35.5. The van der Waals surface area contributed by atoms with E-state index in [0.717, 1.165) is 5.56 Å². The van der Waals surface area contributed by atoms with Gasteiger partial charge >= 0.3 is 5.97 Å². The van der Waals surface area contributed by atoms with Gasteiger partial charge in [-0.2, -0.15) is 0 Å². The van der Waals surface area contributed by atoms with Crippen LogP contribution in [0.4, 0.5) is 0 Å². The van der Waals surface area contributed by atoms with E-state index >= 15 is 0 Å². The molecule has 1 fully saturated rings. The number of carbonyl (C=O) groups is 2. The van der Waals surface area contributed by atoms with Gasteiger partial charge in [0.1, 0.15) is 11.8 Å². The highest BCUT2D eigenvalue weighted by Gasteiger charge is 2.36. The quantitative estimate of drug-likeness (QED) is 0.804. The molecular formula is C13H13Cl2NO3. The predicted octanol–water partition coefficient (Wildman–Crippen LogP) is 2.31. The molecule has 4 nitrogen and oxygen atoms in total. The van der Waals surface area contributed by atoms with Gasteiger partial charge in [-0.3, -0.25) is 14.5 Å². The third-order valence-corrected chi connectivity index (χ3v) is 3.82. The van der Waals surface area contributed by atoms with Crippen LogP contribution >= 0.6 is 23.2 Å². The van der Waals surface area contributed by atoms with Crippen LogP contribution in [0.3, 0.4) is 0 Å². The second-order valence-electron chi connectivity index (χ2n) is 4.44. The SMILES string of the molecule is COC(=O)C1CC(=O)CN1Cc1ccc(Cl)c(Cl)c1. The molecule has 1 saturated heterocycles. The lowest BCUT2D eigenvalue weighted by atomic mass is 10.2. The van der Waals surface area contributed by atoms with Crippen LogP contribution in [0, 0.1) is 0 Å². The Kier molecular flexibility index (Phi) is 4.45. The van der Waals surface area contributed by atoms with Crippen LogP contribution in [0.25, 0.3) is 0 Å². The number of Topliss-reactive ketones (excluding diaryl/α,β-unsaturated/α-hetero) is 1. The minimum absolute atomic E-state index is 0.0375. The van der Waals surface area contributed by atoms with E-state index in [9.17, 15) is 9.59 Å². The summed E-state index contributed by atoms with van der Waals surface area (Å²) in [5, 5.41) is 0.937. The van der Waals surface area contributed by atoms with Gasteiger partial charge in [0.05, 0.1) is 23.7 Å². The fourth-order valence-electron chi connectivity index (χ4n) is 2.15. The molecule has 0 aliphatic carbocycles. The van der Waals surface area contributed by atoms with E-state index in [-0.39, 0.29) is 24.7 Å². The first-order valence-electron chi connectivity index (χ1n) is 5.78. The standard InChI is InChI=1S/C13H13Cl2NO3/c1-19-13(18)12-5-9(17)7-16(12)6-8-2-3-10(14)11(15)4-8/h2-4,12H,5-7H2,1H3. The van der Waals surface area contributed by atoms with E-state index < -0.39 is 6.04 Å². The summed E-state index contributed by atoms with van der Waals surface area (Å²) in [5.74, 6) is -0.346. The van der Waals surface area contributed by atoms with Gasteiger partial charge in [-0.25, -0.2) is 0 Å². The summed E-state index contributed by atoms with van der Waals surface area (Å²) >= 11 is 11.8. The van der Waals surface area contributed by atoms with Gasteiger partial charge in [-0.1, -0.05) is 29.3 Å². The van der Waals surface area contributed by atoms with Crippen molar-refractivity contribution in [1.82, 2.24) is 4.90 Å². The molecule has 1 aromatic rings. The number of rotatable bonds is 3. The van der Waals surface area contributed by atoms with Crippen molar-refractivity contribution < 1.29 is 14.3 Å². The van der Waals surface area contributed by atoms with Crippen molar-refractivity contribution in [3.05, 3.63) is 33.8 Å². The molecular weight excluding hydrogens is 289 g/mol. The Labute approximate surface area is 121 Å². The molecule has 19 heavy (non-hydrogen) atoms. The van der Waals surface area contributed by atoms with Crippen LogP contribution in [0.1, 0.15) is 12.0 Å². The van der Waals surface area contributed by atoms with Gasteiger partial charge in [0, 0.05) is 13.0 Å².